The molecule has 0 aromatic heterocycles. The van der Waals surface area contributed by atoms with Gasteiger partial charge in [0.15, 0.2) is 0 Å². The number of hydrogen-bond donors (Lipinski definition) is 0. The molecule has 0 radical (unpaired) electrons. The van der Waals surface area contributed by atoms with E-state index < -0.39 is 8.56 Å². The summed E-state index contributed by atoms with van der Waals surface area (Å²) in [6.07, 6.45) is 0. The predicted molar refractivity (Wildman–Crippen MR) is 75.5 cm³/mol. The van der Waals surface area contributed by atoms with Crippen molar-refractivity contribution in [2.45, 2.75) is 54.6 Å². The first-order valence-electron chi connectivity index (χ1n) is 6.11. The molecular formula is C12H26N2O2Si. The summed E-state index contributed by atoms with van der Waals surface area (Å²) in [5.41, 5.74) is 1.94. The van der Waals surface area contributed by atoms with E-state index >= 15 is 0 Å². The van der Waals surface area contributed by atoms with E-state index in [1.807, 2.05) is 26.9 Å². The van der Waals surface area contributed by atoms with Gasteiger partial charge in [0, 0.05) is 13.1 Å². The second-order valence-electron chi connectivity index (χ2n) is 5.36. The fourth-order valence-electron chi connectivity index (χ4n) is 0.591. The lowest BCUT2D eigenvalue weighted by molar-refractivity contribution is 0.190. The molecule has 4 nitrogen and oxygen atoms in total. The van der Waals surface area contributed by atoms with Gasteiger partial charge >= 0.3 is 8.56 Å². The maximum atomic E-state index is 5.48. The molecule has 0 rings (SSSR count). The molecule has 0 aliphatic carbocycles. The van der Waals surface area contributed by atoms with Gasteiger partial charge < -0.3 is 9.05 Å². The molecule has 0 aliphatic heterocycles. The van der Waals surface area contributed by atoms with Crippen LogP contribution in [0.25, 0.3) is 0 Å². The molecule has 100 valence electrons. The molecule has 0 amide bonds. The van der Waals surface area contributed by atoms with Crippen LogP contribution in [0.2, 0.25) is 13.1 Å². The highest BCUT2D eigenvalue weighted by Crippen LogP contribution is 2.10. The average molecular weight is 258 g/mol. The van der Waals surface area contributed by atoms with E-state index in [1.165, 1.54) is 0 Å². The Labute approximate surface area is 106 Å². The summed E-state index contributed by atoms with van der Waals surface area (Å²) in [4.78, 5) is 0. The second kappa shape index (κ2) is 6.79. The summed E-state index contributed by atoms with van der Waals surface area (Å²) in [5.74, 6) is 0.779. The summed E-state index contributed by atoms with van der Waals surface area (Å²) < 4.78 is 11.0. The minimum Gasteiger partial charge on any atom is -0.408 e. The van der Waals surface area contributed by atoms with Crippen LogP contribution in [-0.2, 0) is 9.05 Å². The second-order valence-corrected chi connectivity index (χ2v) is 8.52. The Kier molecular flexibility index (Phi) is 6.45. The average Bonchev–Trinajstić information content (AvgIpc) is 2.22. The summed E-state index contributed by atoms with van der Waals surface area (Å²) in [6.45, 7) is 16.1. The highest BCUT2D eigenvalue weighted by Gasteiger charge is 2.30. The van der Waals surface area contributed by atoms with Crippen molar-refractivity contribution in [1.82, 2.24) is 0 Å². The van der Waals surface area contributed by atoms with Gasteiger partial charge in [0.05, 0.1) is 11.4 Å². The Morgan fingerprint density at radius 3 is 1.35 bits per heavy atom. The quantitative estimate of drug-likeness (QED) is 0.413. The lowest BCUT2D eigenvalue weighted by Gasteiger charge is -2.18. The molecule has 0 saturated heterocycles. The molecule has 0 bridgehead atoms. The first-order chi connectivity index (χ1) is 7.65. The lowest BCUT2D eigenvalue weighted by Crippen LogP contribution is -2.32. The van der Waals surface area contributed by atoms with Crippen LogP contribution >= 0.6 is 0 Å². The molecule has 0 fully saturated rings. The van der Waals surface area contributed by atoms with Gasteiger partial charge in [-0.25, -0.2) is 0 Å². The Morgan fingerprint density at radius 1 is 0.824 bits per heavy atom. The Bertz CT molecular complexity index is 269. The number of nitrogens with zero attached hydrogens (tertiary/aromatic N) is 2. The van der Waals surface area contributed by atoms with Crippen molar-refractivity contribution in [3.8, 4) is 0 Å². The van der Waals surface area contributed by atoms with E-state index in [2.05, 4.69) is 38.0 Å². The molecule has 0 heterocycles. The van der Waals surface area contributed by atoms with Gasteiger partial charge in [-0.15, -0.1) is 10.3 Å². The van der Waals surface area contributed by atoms with Crippen molar-refractivity contribution in [3.05, 3.63) is 0 Å². The van der Waals surface area contributed by atoms with E-state index in [4.69, 9.17) is 9.05 Å². The molecular weight excluding hydrogens is 232 g/mol. The van der Waals surface area contributed by atoms with Crippen LogP contribution in [0.3, 0.4) is 0 Å². The molecule has 0 saturated carbocycles. The van der Waals surface area contributed by atoms with Crippen LogP contribution in [0.1, 0.15) is 41.5 Å². The molecule has 0 aromatic rings. The summed E-state index contributed by atoms with van der Waals surface area (Å²) in [6, 6.07) is 0. The fraction of sp³-hybridized carbons (Fsp3) is 0.833. The van der Waals surface area contributed by atoms with E-state index in [9.17, 15) is 0 Å². The standard InChI is InChI=1S/C12H26N2O2Si/c1-9(2)11(5)13-15-17(7,8)16-14-12(6)10(3)4/h9-10H,1-8H3. The highest BCUT2D eigenvalue weighted by atomic mass is 28.4. The van der Waals surface area contributed by atoms with Crippen LogP contribution in [0, 0.1) is 11.8 Å². The van der Waals surface area contributed by atoms with Crippen LogP contribution in [0.4, 0.5) is 0 Å². The van der Waals surface area contributed by atoms with E-state index in [0.29, 0.717) is 11.8 Å². The first kappa shape index (κ1) is 16.2. The van der Waals surface area contributed by atoms with Crippen LogP contribution in [0.5, 0.6) is 0 Å². The van der Waals surface area contributed by atoms with Gasteiger partial charge in [-0.3, -0.25) is 0 Å². The fourth-order valence-corrected chi connectivity index (χ4v) is 1.35. The third kappa shape index (κ3) is 7.15. The molecule has 5 heteroatoms. The molecule has 0 aromatic carbocycles. The third-order valence-corrected chi connectivity index (χ3v) is 3.55. The largest absolute Gasteiger partial charge is 0.503 e. The maximum absolute atomic E-state index is 5.48. The first-order valence-corrected chi connectivity index (χ1v) is 8.92. The predicted octanol–water partition coefficient (Wildman–Crippen LogP) is 3.79. The highest BCUT2D eigenvalue weighted by molar-refractivity contribution is 6.64. The Balaban J connectivity index is 4.40. The zero-order chi connectivity index (χ0) is 13.6. The molecule has 17 heavy (non-hydrogen) atoms. The number of hydrogen-bond acceptors (Lipinski definition) is 4. The topological polar surface area (TPSA) is 43.2 Å². The Hall–Kier alpha value is -0.843. The monoisotopic (exact) mass is 258 g/mol. The molecule has 0 aliphatic rings. The van der Waals surface area contributed by atoms with Crippen molar-refractivity contribution in [2.24, 2.45) is 22.1 Å². The smallest absolute Gasteiger partial charge is 0.408 e. The lowest BCUT2D eigenvalue weighted by atomic mass is 10.1. The summed E-state index contributed by atoms with van der Waals surface area (Å²) in [7, 11) is -2.30. The molecule has 0 atom stereocenters. The van der Waals surface area contributed by atoms with Gasteiger partial charge in [0.2, 0.25) is 0 Å². The van der Waals surface area contributed by atoms with Gasteiger partial charge in [-0.1, -0.05) is 27.7 Å². The summed E-state index contributed by atoms with van der Waals surface area (Å²) in [5, 5.41) is 8.20. The zero-order valence-electron chi connectivity index (χ0n) is 12.4. The van der Waals surface area contributed by atoms with Crippen molar-refractivity contribution >= 4 is 20.0 Å². The Morgan fingerprint density at radius 2 is 1.12 bits per heavy atom. The maximum Gasteiger partial charge on any atom is 0.503 e. The van der Waals surface area contributed by atoms with Gasteiger partial charge in [0.1, 0.15) is 0 Å². The van der Waals surface area contributed by atoms with E-state index in [0.717, 1.165) is 11.4 Å². The van der Waals surface area contributed by atoms with Gasteiger partial charge in [-0.2, -0.15) is 0 Å². The molecule has 0 N–H and O–H groups in total. The van der Waals surface area contributed by atoms with Crippen molar-refractivity contribution < 1.29 is 9.05 Å². The minimum absolute atomic E-state index is 0.390. The molecule has 0 unspecified atom stereocenters. The normalized spacial score (nSPS) is 14.5. The molecule has 0 spiro atoms. The number of rotatable bonds is 6. The van der Waals surface area contributed by atoms with E-state index in [-0.39, 0.29) is 0 Å². The van der Waals surface area contributed by atoms with Crippen molar-refractivity contribution in [2.75, 3.05) is 0 Å². The van der Waals surface area contributed by atoms with Crippen molar-refractivity contribution in [3.63, 3.8) is 0 Å². The van der Waals surface area contributed by atoms with Gasteiger partial charge in [0.25, 0.3) is 0 Å². The third-order valence-electron chi connectivity index (χ3n) is 2.49. The van der Waals surface area contributed by atoms with E-state index in [1.54, 1.807) is 0 Å². The number of oxime groups is 2. The SMILES string of the molecule is CC(=NO[Si](C)(C)ON=C(C)C(C)C)C(C)C. The van der Waals surface area contributed by atoms with Crippen LogP contribution < -0.4 is 0 Å². The zero-order valence-corrected chi connectivity index (χ0v) is 13.4. The minimum atomic E-state index is -2.30. The van der Waals surface area contributed by atoms with Crippen LogP contribution in [0.15, 0.2) is 10.3 Å². The van der Waals surface area contributed by atoms with Crippen LogP contribution in [-0.4, -0.2) is 20.0 Å². The summed E-state index contributed by atoms with van der Waals surface area (Å²) >= 11 is 0. The van der Waals surface area contributed by atoms with Gasteiger partial charge in [-0.05, 0) is 25.7 Å². The van der Waals surface area contributed by atoms with Crippen molar-refractivity contribution in [1.29, 1.82) is 0 Å².